The van der Waals surface area contributed by atoms with Crippen LogP contribution in [0.3, 0.4) is 0 Å². The topological polar surface area (TPSA) is 95.3 Å². The van der Waals surface area contributed by atoms with Crippen LogP contribution in [0.1, 0.15) is 18.1 Å². The van der Waals surface area contributed by atoms with Gasteiger partial charge >= 0.3 is 0 Å². The Morgan fingerprint density at radius 3 is 2.80 bits per heavy atom. The van der Waals surface area contributed by atoms with Crippen molar-refractivity contribution in [3.8, 4) is 0 Å². The fourth-order valence-corrected chi connectivity index (χ4v) is 1.84. The van der Waals surface area contributed by atoms with Crippen molar-refractivity contribution < 1.29 is 10.1 Å². The van der Waals surface area contributed by atoms with Gasteiger partial charge in [-0.15, -0.1) is 0 Å². The second-order valence-corrected chi connectivity index (χ2v) is 4.24. The molecule has 2 heterocycles. The zero-order chi connectivity index (χ0) is 14.5. The third-order valence-corrected chi connectivity index (χ3v) is 2.73. The molecule has 0 fully saturated rings. The summed E-state index contributed by atoms with van der Waals surface area (Å²) in [5.41, 5.74) is 2.27. The molecular formula is C14H16N5O+. The lowest BCUT2D eigenvalue weighted by Gasteiger charge is -2.09. The van der Waals surface area contributed by atoms with Gasteiger partial charge in [0.15, 0.2) is 0 Å². The van der Waals surface area contributed by atoms with Crippen LogP contribution in [0.2, 0.25) is 0 Å². The molecule has 0 spiro atoms. The normalized spacial score (nSPS) is 10.1. The Morgan fingerprint density at radius 1 is 1.40 bits per heavy atom. The number of aromatic nitrogens is 2. The van der Waals surface area contributed by atoms with Crippen molar-refractivity contribution >= 4 is 23.1 Å². The zero-order valence-corrected chi connectivity index (χ0v) is 11.3. The van der Waals surface area contributed by atoms with E-state index in [1.165, 1.54) is 6.92 Å². The molecule has 0 radical (unpaired) electrons. The molecule has 0 saturated carbocycles. The molecule has 0 unspecified atom stereocenters. The zero-order valence-electron chi connectivity index (χ0n) is 11.3. The number of carbonyl (C=O) groups is 1. The summed E-state index contributed by atoms with van der Waals surface area (Å²) >= 11 is 0. The number of quaternary nitrogens is 1. The van der Waals surface area contributed by atoms with Crippen molar-refractivity contribution in [3.63, 3.8) is 0 Å². The molecule has 0 aliphatic carbocycles. The Balaban J connectivity index is 2.43. The first-order valence-corrected chi connectivity index (χ1v) is 6.18. The van der Waals surface area contributed by atoms with Gasteiger partial charge in [0.25, 0.3) is 0 Å². The molecule has 1 amide bonds. The highest BCUT2D eigenvalue weighted by Crippen LogP contribution is 2.17. The second-order valence-electron chi connectivity index (χ2n) is 4.24. The van der Waals surface area contributed by atoms with E-state index in [9.17, 15) is 4.79 Å². The van der Waals surface area contributed by atoms with Gasteiger partial charge in [0.2, 0.25) is 11.7 Å². The van der Waals surface area contributed by atoms with Crippen molar-refractivity contribution in [2.45, 2.75) is 6.92 Å². The molecule has 0 saturated heterocycles. The SMILES string of the molecule is C[NH2+]c1ncc(NC(C)=O)cc1C(=N)c1cccnc1. The lowest BCUT2D eigenvalue weighted by molar-refractivity contribution is -0.543. The van der Waals surface area contributed by atoms with Crippen molar-refractivity contribution in [3.05, 3.63) is 47.9 Å². The molecular weight excluding hydrogens is 254 g/mol. The summed E-state index contributed by atoms with van der Waals surface area (Å²) in [6.07, 6.45) is 4.87. The van der Waals surface area contributed by atoms with Crippen LogP contribution in [0, 0.1) is 5.41 Å². The van der Waals surface area contributed by atoms with Crippen molar-refractivity contribution in [2.75, 3.05) is 12.4 Å². The largest absolute Gasteiger partial charge is 0.325 e. The first-order chi connectivity index (χ1) is 9.61. The molecule has 6 nitrogen and oxygen atoms in total. The lowest BCUT2D eigenvalue weighted by atomic mass is 10.0. The maximum Gasteiger partial charge on any atom is 0.233 e. The standard InChI is InChI=1S/C14H15N5O/c1-9(20)19-11-6-12(14(16-2)18-8-11)13(15)10-4-3-5-17-7-10/h3-8,15H,1-2H3,(H,16,18)(H,19,20)/p+1. The number of nitrogens with zero attached hydrogens (tertiary/aromatic N) is 2. The van der Waals surface area contributed by atoms with E-state index >= 15 is 0 Å². The second kappa shape index (κ2) is 6.03. The van der Waals surface area contributed by atoms with Crippen molar-refractivity contribution in [1.29, 1.82) is 5.41 Å². The summed E-state index contributed by atoms with van der Waals surface area (Å²) in [6, 6.07) is 5.35. The van der Waals surface area contributed by atoms with Crippen molar-refractivity contribution in [2.24, 2.45) is 0 Å². The Hall–Kier alpha value is -2.60. The summed E-state index contributed by atoms with van der Waals surface area (Å²) < 4.78 is 0. The monoisotopic (exact) mass is 270 g/mol. The smallest absolute Gasteiger partial charge is 0.233 e. The van der Waals surface area contributed by atoms with Crippen LogP contribution in [0.25, 0.3) is 0 Å². The number of nitrogens with one attached hydrogen (secondary N) is 2. The maximum absolute atomic E-state index is 11.1. The highest BCUT2D eigenvalue weighted by atomic mass is 16.1. The first kappa shape index (κ1) is 13.8. The van der Waals surface area contributed by atoms with Crippen LogP contribution >= 0.6 is 0 Å². The summed E-state index contributed by atoms with van der Waals surface area (Å²) in [5, 5.41) is 12.8. The molecule has 2 aromatic heterocycles. The van der Waals surface area contributed by atoms with E-state index in [0.29, 0.717) is 28.3 Å². The molecule has 4 N–H and O–H groups in total. The molecule has 20 heavy (non-hydrogen) atoms. The number of hydrogen-bond acceptors (Lipinski definition) is 4. The van der Waals surface area contributed by atoms with E-state index < -0.39 is 0 Å². The first-order valence-electron chi connectivity index (χ1n) is 6.18. The summed E-state index contributed by atoms with van der Waals surface area (Å²) in [7, 11) is 1.86. The number of hydrogen-bond donors (Lipinski definition) is 3. The fraction of sp³-hybridized carbons (Fsp3) is 0.143. The van der Waals surface area contributed by atoms with E-state index in [1.54, 1.807) is 30.7 Å². The third kappa shape index (κ3) is 3.04. The number of carbonyl (C=O) groups excluding carboxylic acids is 1. The van der Waals surface area contributed by atoms with Gasteiger partial charge in [0.05, 0.1) is 30.2 Å². The van der Waals surface area contributed by atoms with E-state index in [1.807, 2.05) is 18.4 Å². The number of nitrogens with two attached hydrogens (primary N) is 1. The van der Waals surface area contributed by atoms with Crippen LogP contribution < -0.4 is 10.6 Å². The molecule has 0 atom stereocenters. The van der Waals surface area contributed by atoms with Crippen LogP contribution in [0.4, 0.5) is 11.5 Å². The minimum Gasteiger partial charge on any atom is -0.325 e. The Kier molecular flexibility index (Phi) is 4.17. The molecule has 0 bridgehead atoms. The molecule has 2 rings (SSSR count). The van der Waals surface area contributed by atoms with E-state index in [0.717, 1.165) is 0 Å². The third-order valence-electron chi connectivity index (χ3n) is 2.73. The molecule has 0 aliphatic heterocycles. The van der Waals surface area contributed by atoms with Gasteiger partial charge < -0.3 is 5.32 Å². The molecule has 6 heteroatoms. The number of anilines is 1. The van der Waals surface area contributed by atoms with E-state index in [-0.39, 0.29) is 5.91 Å². The van der Waals surface area contributed by atoms with Crippen molar-refractivity contribution in [1.82, 2.24) is 9.97 Å². The van der Waals surface area contributed by atoms with E-state index in [4.69, 9.17) is 5.41 Å². The van der Waals surface area contributed by atoms with Gasteiger partial charge in [-0.1, -0.05) is 0 Å². The average molecular weight is 270 g/mol. The highest BCUT2D eigenvalue weighted by Gasteiger charge is 2.15. The van der Waals surface area contributed by atoms with Crippen LogP contribution in [-0.2, 0) is 4.79 Å². The van der Waals surface area contributed by atoms with Gasteiger partial charge in [-0.2, -0.15) is 0 Å². The average Bonchev–Trinajstić information content (AvgIpc) is 2.46. The Morgan fingerprint density at radius 2 is 2.20 bits per heavy atom. The number of pyridine rings is 2. The molecule has 102 valence electrons. The molecule has 2 aromatic rings. The summed E-state index contributed by atoms with van der Waals surface area (Å²) in [5.74, 6) is 0.534. The number of rotatable bonds is 4. The van der Waals surface area contributed by atoms with Gasteiger partial charge in [0, 0.05) is 24.9 Å². The maximum atomic E-state index is 11.1. The minimum absolute atomic E-state index is 0.168. The van der Waals surface area contributed by atoms with Gasteiger partial charge in [-0.25, -0.2) is 4.98 Å². The predicted octanol–water partition coefficient (Wildman–Crippen LogP) is 0.676. The highest BCUT2D eigenvalue weighted by molar-refractivity contribution is 6.13. The summed E-state index contributed by atoms with van der Waals surface area (Å²) in [4.78, 5) is 19.4. The van der Waals surface area contributed by atoms with Gasteiger partial charge in [-0.3, -0.25) is 20.5 Å². The van der Waals surface area contributed by atoms with Crippen LogP contribution in [-0.4, -0.2) is 28.6 Å². The minimum atomic E-state index is -0.168. The van der Waals surface area contributed by atoms with Crippen LogP contribution in [0.15, 0.2) is 36.8 Å². The summed E-state index contributed by atoms with van der Waals surface area (Å²) in [6.45, 7) is 1.44. The fourth-order valence-electron chi connectivity index (χ4n) is 1.84. The number of amides is 1. The Labute approximate surface area is 116 Å². The van der Waals surface area contributed by atoms with E-state index in [2.05, 4.69) is 15.3 Å². The quantitative estimate of drug-likeness (QED) is 0.713. The predicted molar refractivity (Wildman–Crippen MR) is 76.2 cm³/mol. The van der Waals surface area contributed by atoms with Gasteiger partial charge in [0.1, 0.15) is 0 Å². The lowest BCUT2D eigenvalue weighted by Crippen LogP contribution is -2.74. The van der Waals surface area contributed by atoms with Crippen LogP contribution in [0.5, 0.6) is 0 Å². The Bertz CT molecular complexity index is 639. The molecule has 0 aromatic carbocycles. The van der Waals surface area contributed by atoms with Gasteiger partial charge in [-0.05, 0) is 18.2 Å². The molecule has 0 aliphatic rings.